The summed E-state index contributed by atoms with van der Waals surface area (Å²) in [6.45, 7) is 1.12. The zero-order valence-corrected chi connectivity index (χ0v) is 19.6. The summed E-state index contributed by atoms with van der Waals surface area (Å²) >= 11 is 0. The molecule has 0 bridgehead atoms. The zero-order chi connectivity index (χ0) is 23.7. The van der Waals surface area contributed by atoms with E-state index < -0.39 is 9.84 Å². The van der Waals surface area contributed by atoms with Crippen molar-refractivity contribution in [3.05, 3.63) is 83.7 Å². The van der Waals surface area contributed by atoms with E-state index >= 15 is 0 Å². The third kappa shape index (κ3) is 4.82. The highest BCUT2D eigenvalue weighted by atomic mass is 32.2. The van der Waals surface area contributed by atoms with Crippen LogP contribution in [0.1, 0.15) is 17.0 Å². The Bertz CT molecular complexity index is 1470. The predicted octanol–water partition coefficient (Wildman–Crippen LogP) is 3.50. The molecule has 2 heterocycles. The first kappa shape index (κ1) is 22.2. The second-order valence-corrected chi connectivity index (χ2v) is 10.7. The van der Waals surface area contributed by atoms with Crippen LogP contribution in [0.4, 0.5) is 0 Å². The average molecular weight is 476 g/mol. The van der Waals surface area contributed by atoms with E-state index in [1.54, 1.807) is 4.57 Å². The number of para-hydroxylation sites is 2. The van der Waals surface area contributed by atoms with E-state index in [9.17, 15) is 13.2 Å². The van der Waals surface area contributed by atoms with Gasteiger partial charge in [-0.15, -0.1) is 0 Å². The number of ether oxygens (including phenoxy) is 1. The molecule has 1 amide bonds. The molecule has 1 aliphatic rings. The van der Waals surface area contributed by atoms with E-state index in [0.717, 1.165) is 47.2 Å². The minimum Gasteiger partial charge on any atom is -0.493 e. The van der Waals surface area contributed by atoms with Crippen molar-refractivity contribution in [2.75, 3.05) is 12.9 Å². The number of fused-ring (bicyclic) bond motifs is 2. The third-order valence-corrected chi connectivity index (χ3v) is 6.68. The van der Waals surface area contributed by atoms with Crippen molar-refractivity contribution in [1.82, 2.24) is 14.9 Å². The molecule has 0 saturated heterocycles. The molecule has 0 radical (unpaired) electrons. The fourth-order valence-corrected chi connectivity index (χ4v) is 4.92. The van der Waals surface area contributed by atoms with Crippen molar-refractivity contribution in [2.24, 2.45) is 0 Å². The Morgan fingerprint density at radius 2 is 1.82 bits per heavy atom. The number of carbonyl (C=O) groups is 1. The number of nitrogens with one attached hydrogen (secondary N) is 1. The van der Waals surface area contributed by atoms with E-state index in [0.29, 0.717) is 17.9 Å². The van der Waals surface area contributed by atoms with E-state index in [1.807, 2.05) is 54.6 Å². The summed E-state index contributed by atoms with van der Waals surface area (Å²) in [6.07, 6.45) is 2.10. The van der Waals surface area contributed by atoms with Crippen molar-refractivity contribution in [1.29, 1.82) is 0 Å². The largest absolute Gasteiger partial charge is 0.493 e. The molecule has 3 aromatic carbocycles. The number of nitrogens with zero attached hydrogens (tertiary/aromatic N) is 2. The first-order valence-corrected chi connectivity index (χ1v) is 13.2. The Labute approximate surface area is 198 Å². The molecule has 1 aliphatic heterocycles. The number of amides is 1. The summed E-state index contributed by atoms with van der Waals surface area (Å²) in [7, 11) is -3.29. The first-order chi connectivity index (χ1) is 16.4. The number of hydrogen-bond acceptors (Lipinski definition) is 5. The van der Waals surface area contributed by atoms with E-state index in [4.69, 9.17) is 4.74 Å². The lowest BCUT2D eigenvalue weighted by Gasteiger charge is -2.10. The van der Waals surface area contributed by atoms with E-state index in [1.165, 1.54) is 5.56 Å². The minimum absolute atomic E-state index is 0.000642. The highest BCUT2D eigenvalue weighted by molar-refractivity contribution is 7.89. The minimum atomic E-state index is -3.29. The van der Waals surface area contributed by atoms with Gasteiger partial charge < -0.3 is 14.6 Å². The summed E-state index contributed by atoms with van der Waals surface area (Å²) in [6, 6.07) is 21.7. The first-order valence-electron chi connectivity index (χ1n) is 11.1. The molecule has 0 fully saturated rings. The lowest BCUT2D eigenvalue weighted by Crippen LogP contribution is -2.28. The molecule has 1 aromatic heterocycles. The number of carbonyl (C=O) groups excluding carboxylic acids is 1. The van der Waals surface area contributed by atoms with Gasteiger partial charge in [0.05, 0.1) is 17.6 Å². The molecule has 34 heavy (non-hydrogen) atoms. The van der Waals surface area contributed by atoms with Gasteiger partial charge in [-0.1, -0.05) is 42.5 Å². The molecule has 4 aromatic rings. The average Bonchev–Trinajstić information content (AvgIpc) is 3.41. The quantitative estimate of drug-likeness (QED) is 0.442. The molecule has 0 unspecified atom stereocenters. The van der Waals surface area contributed by atoms with Gasteiger partial charge in [0, 0.05) is 19.2 Å². The van der Waals surface area contributed by atoms with Crippen LogP contribution in [0.2, 0.25) is 0 Å². The van der Waals surface area contributed by atoms with Crippen LogP contribution in [0.25, 0.3) is 22.2 Å². The van der Waals surface area contributed by atoms with Crippen LogP contribution in [0.5, 0.6) is 5.75 Å². The zero-order valence-electron chi connectivity index (χ0n) is 18.8. The second-order valence-electron chi connectivity index (χ2n) is 8.57. The summed E-state index contributed by atoms with van der Waals surface area (Å²) < 4.78 is 31.0. The molecule has 7 nitrogen and oxygen atoms in total. The normalized spacial score (nSPS) is 13.0. The highest BCUT2D eigenvalue weighted by Crippen LogP contribution is 2.30. The molecule has 0 atom stereocenters. The Hall–Kier alpha value is -3.65. The van der Waals surface area contributed by atoms with Gasteiger partial charge in [-0.2, -0.15) is 0 Å². The van der Waals surface area contributed by atoms with Gasteiger partial charge in [-0.05, 0) is 46.5 Å². The Balaban J connectivity index is 1.26. The summed E-state index contributed by atoms with van der Waals surface area (Å²) in [5.74, 6) is 0.905. The van der Waals surface area contributed by atoms with E-state index in [2.05, 4.69) is 22.4 Å². The Kier molecular flexibility index (Phi) is 5.83. The smallest absolute Gasteiger partial charge is 0.240 e. The number of benzene rings is 3. The number of aromatic nitrogens is 2. The SMILES string of the molecule is CS(=O)(=O)Cc1nc2ccccc2n1CC(=O)NCc1ccc(-c2ccc3c(c2)CCO3)cc1. The van der Waals surface area contributed by atoms with Gasteiger partial charge in [0.15, 0.2) is 9.84 Å². The van der Waals surface area contributed by atoms with Crippen molar-refractivity contribution in [3.63, 3.8) is 0 Å². The predicted molar refractivity (Wildman–Crippen MR) is 131 cm³/mol. The molecule has 0 saturated carbocycles. The fraction of sp³-hybridized carbons (Fsp3) is 0.231. The van der Waals surface area contributed by atoms with Crippen LogP contribution in [0.15, 0.2) is 66.7 Å². The van der Waals surface area contributed by atoms with Crippen LogP contribution in [-0.2, 0) is 39.9 Å². The maximum atomic E-state index is 12.7. The summed E-state index contributed by atoms with van der Waals surface area (Å²) in [4.78, 5) is 17.1. The molecular formula is C26H25N3O4S. The molecule has 174 valence electrons. The third-order valence-electron chi connectivity index (χ3n) is 5.89. The second kappa shape index (κ2) is 8.95. The van der Waals surface area contributed by atoms with Crippen LogP contribution >= 0.6 is 0 Å². The van der Waals surface area contributed by atoms with Gasteiger partial charge >= 0.3 is 0 Å². The Morgan fingerprint density at radius 1 is 1.06 bits per heavy atom. The van der Waals surface area contributed by atoms with Gasteiger partial charge in [0.2, 0.25) is 5.91 Å². The molecule has 5 rings (SSSR count). The number of imidazole rings is 1. The number of sulfone groups is 1. The van der Waals surface area contributed by atoms with Crippen LogP contribution < -0.4 is 10.1 Å². The van der Waals surface area contributed by atoms with Crippen molar-refractivity contribution in [2.45, 2.75) is 25.3 Å². The maximum absolute atomic E-state index is 12.7. The molecule has 0 spiro atoms. The molecule has 0 aliphatic carbocycles. The van der Waals surface area contributed by atoms with Crippen LogP contribution in [-0.4, -0.2) is 36.7 Å². The van der Waals surface area contributed by atoms with Gasteiger partial charge in [0.1, 0.15) is 23.9 Å². The Morgan fingerprint density at radius 3 is 2.62 bits per heavy atom. The highest BCUT2D eigenvalue weighted by Gasteiger charge is 2.17. The van der Waals surface area contributed by atoms with Gasteiger partial charge in [-0.3, -0.25) is 4.79 Å². The van der Waals surface area contributed by atoms with Crippen LogP contribution in [0.3, 0.4) is 0 Å². The van der Waals surface area contributed by atoms with Crippen LogP contribution in [0, 0.1) is 0 Å². The standard InChI is InChI=1S/C26H25N3O4S/c1-34(31,32)17-25-28-22-4-2-3-5-23(22)29(25)16-26(30)27-15-18-6-8-19(9-7-18)20-10-11-24-21(14-20)12-13-33-24/h2-11,14H,12-13,15-17H2,1H3,(H,27,30). The van der Waals surface area contributed by atoms with Gasteiger partial charge in [-0.25, -0.2) is 13.4 Å². The molecule has 8 heteroatoms. The fourth-order valence-electron chi connectivity index (χ4n) is 4.23. The summed E-state index contributed by atoms with van der Waals surface area (Å²) in [5.41, 5.74) is 5.87. The molecule has 1 N–H and O–H groups in total. The number of rotatable bonds is 7. The number of hydrogen-bond donors (Lipinski definition) is 1. The van der Waals surface area contributed by atoms with Gasteiger partial charge in [0.25, 0.3) is 0 Å². The van der Waals surface area contributed by atoms with Crippen molar-refractivity contribution >= 4 is 26.8 Å². The summed E-state index contributed by atoms with van der Waals surface area (Å²) in [5, 5.41) is 2.93. The van der Waals surface area contributed by atoms with E-state index in [-0.39, 0.29) is 18.2 Å². The van der Waals surface area contributed by atoms with Crippen molar-refractivity contribution in [3.8, 4) is 16.9 Å². The molecular weight excluding hydrogens is 450 g/mol. The lowest BCUT2D eigenvalue weighted by molar-refractivity contribution is -0.121. The lowest BCUT2D eigenvalue weighted by atomic mass is 10.0. The topological polar surface area (TPSA) is 90.3 Å². The maximum Gasteiger partial charge on any atom is 0.240 e. The monoisotopic (exact) mass is 475 g/mol. The van der Waals surface area contributed by atoms with Crippen molar-refractivity contribution < 1.29 is 17.9 Å².